The SMILES string of the molecule is CCCn1ccnc1C(N)C(CC)(CC)OCC. The predicted octanol–water partition coefficient (Wildman–Crippen LogP) is 2.89. The van der Waals surface area contributed by atoms with Gasteiger partial charge in [-0.1, -0.05) is 20.8 Å². The highest BCUT2D eigenvalue weighted by molar-refractivity contribution is 5.06. The van der Waals surface area contributed by atoms with Crippen LogP contribution in [-0.2, 0) is 11.3 Å². The van der Waals surface area contributed by atoms with Crippen LogP contribution in [-0.4, -0.2) is 21.8 Å². The molecule has 4 nitrogen and oxygen atoms in total. The summed E-state index contributed by atoms with van der Waals surface area (Å²) in [7, 11) is 0. The summed E-state index contributed by atoms with van der Waals surface area (Å²) in [5, 5.41) is 0. The maximum absolute atomic E-state index is 6.45. The molecule has 1 atom stereocenters. The van der Waals surface area contributed by atoms with E-state index in [9.17, 15) is 0 Å². The average molecular weight is 253 g/mol. The molecule has 4 heteroatoms. The zero-order chi connectivity index (χ0) is 13.6. The molecule has 0 amide bonds. The minimum absolute atomic E-state index is 0.172. The fraction of sp³-hybridized carbons (Fsp3) is 0.786. The van der Waals surface area contributed by atoms with Gasteiger partial charge in [0.15, 0.2) is 0 Å². The van der Waals surface area contributed by atoms with Crippen molar-refractivity contribution in [1.82, 2.24) is 9.55 Å². The number of imidazole rings is 1. The first-order chi connectivity index (χ1) is 8.65. The van der Waals surface area contributed by atoms with Gasteiger partial charge in [0, 0.05) is 25.5 Å². The summed E-state index contributed by atoms with van der Waals surface area (Å²) in [5.74, 6) is 0.939. The van der Waals surface area contributed by atoms with Gasteiger partial charge in [0.05, 0.1) is 11.6 Å². The number of hydrogen-bond donors (Lipinski definition) is 1. The Morgan fingerprint density at radius 2 is 2.00 bits per heavy atom. The molecule has 0 aliphatic heterocycles. The Balaban J connectivity index is 3.01. The Kier molecular flexibility index (Phi) is 5.82. The molecule has 0 radical (unpaired) electrons. The molecule has 0 saturated carbocycles. The Morgan fingerprint density at radius 3 is 2.50 bits per heavy atom. The van der Waals surface area contributed by atoms with Gasteiger partial charge in [0.2, 0.25) is 0 Å². The van der Waals surface area contributed by atoms with Crippen molar-refractivity contribution in [2.45, 2.75) is 65.1 Å². The van der Waals surface area contributed by atoms with Gasteiger partial charge in [-0.3, -0.25) is 0 Å². The molecular formula is C14H27N3O. The molecule has 0 saturated heterocycles. The maximum atomic E-state index is 6.45. The first-order valence-electron chi connectivity index (χ1n) is 7.05. The first-order valence-corrected chi connectivity index (χ1v) is 7.05. The van der Waals surface area contributed by atoms with Crippen molar-refractivity contribution in [2.75, 3.05) is 6.61 Å². The number of aromatic nitrogens is 2. The third-order valence-corrected chi connectivity index (χ3v) is 3.69. The van der Waals surface area contributed by atoms with E-state index in [0.29, 0.717) is 6.61 Å². The van der Waals surface area contributed by atoms with Gasteiger partial charge in [-0.15, -0.1) is 0 Å². The summed E-state index contributed by atoms with van der Waals surface area (Å²) in [6.45, 7) is 10.1. The summed E-state index contributed by atoms with van der Waals surface area (Å²) in [5.41, 5.74) is 6.15. The number of ether oxygens (including phenoxy) is 1. The monoisotopic (exact) mass is 253 g/mol. The van der Waals surface area contributed by atoms with E-state index >= 15 is 0 Å². The summed E-state index contributed by atoms with van der Waals surface area (Å²) in [6, 6.07) is -0.172. The number of hydrogen-bond acceptors (Lipinski definition) is 3. The van der Waals surface area contributed by atoms with Crippen LogP contribution in [0.2, 0.25) is 0 Å². The third-order valence-electron chi connectivity index (χ3n) is 3.69. The van der Waals surface area contributed by atoms with Crippen molar-refractivity contribution >= 4 is 0 Å². The molecule has 0 bridgehead atoms. The molecule has 1 unspecified atom stereocenters. The lowest BCUT2D eigenvalue weighted by Crippen LogP contribution is -2.44. The van der Waals surface area contributed by atoms with Crippen molar-refractivity contribution in [2.24, 2.45) is 5.73 Å². The molecule has 1 rings (SSSR count). The summed E-state index contributed by atoms with van der Waals surface area (Å²) in [4.78, 5) is 4.44. The van der Waals surface area contributed by atoms with Crippen LogP contribution in [0.4, 0.5) is 0 Å². The largest absolute Gasteiger partial charge is 0.373 e. The van der Waals surface area contributed by atoms with Crippen molar-refractivity contribution in [1.29, 1.82) is 0 Å². The molecule has 1 aromatic rings. The second kappa shape index (κ2) is 6.90. The quantitative estimate of drug-likeness (QED) is 0.775. The van der Waals surface area contributed by atoms with Gasteiger partial charge >= 0.3 is 0 Å². The lowest BCUT2D eigenvalue weighted by atomic mass is 9.88. The fourth-order valence-corrected chi connectivity index (χ4v) is 2.54. The van der Waals surface area contributed by atoms with Gasteiger partial charge in [-0.2, -0.15) is 0 Å². The molecule has 0 aliphatic rings. The Labute approximate surface area is 111 Å². The van der Waals surface area contributed by atoms with Crippen molar-refractivity contribution in [3.63, 3.8) is 0 Å². The topological polar surface area (TPSA) is 53.1 Å². The molecular weight excluding hydrogens is 226 g/mol. The van der Waals surface area contributed by atoms with E-state index < -0.39 is 0 Å². The highest BCUT2D eigenvalue weighted by atomic mass is 16.5. The van der Waals surface area contributed by atoms with Crippen LogP contribution >= 0.6 is 0 Å². The van der Waals surface area contributed by atoms with Crippen molar-refractivity contribution in [3.05, 3.63) is 18.2 Å². The second-order valence-electron chi connectivity index (χ2n) is 4.66. The molecule has 18 heavy (non-hydrogen) atoms. The van der Waals surface area contributed by atoms with Crippen LogP contribution in [0.3, 0.4) is 0 Å². The van der Waals surface area contributed by atoms with Crippen LogP contribution in [0.25, 0.3) is 0 Å². The lowest BCUT2D eigenvalue weighted by molar-refractivity contribution is -0.0669. The summed E-state index contributed by atoms with van der Waals surface area (Å²) < 4.78 is 8.11. The molecule has 0 spiro atoms. The van der Waals surface area contributed by atoms with Gasteiger partial charge < -0.3 is 15.0 Å². The number of nitrogens with two attached hydrogens (primary N) is 1. The highest BCUT2D eigenvalue weighted by Gasteiger charge is 2.37. The second-order valence-corrected chi connectivity index (χ2v) is 4.66. The molecule has 2 N–H and O–H groups in total. The van der Waals surface area contributed by atoms with E-state index in [1.54, 1.807) is 0 Å². The zero-order valence-corrected chi connectivity index (χ0v) is 12.1. The summed E-state index contributed by atoms with van der Waals surface area (Å²) >= 11 is 0. The minimum Gasteiger partial charge on any atom is -0.373 e. The Bertz CT molecular complexity index is 345. The van der Waals surface area contributed by atoms with Crippen LogP contribution < -0.4 is 5.73 Å². The van der Waals surface area contributed by atoms with E-state index in [2.05, 4.69) is 30.3 Å². The summed E-state index contributed by atoms with van der Waals surface area (Å²) in [6.07, 6.45) is 6.71. The third kappa shape index (κ3) is 2.93. The smallest absolute Gasteiger partial charge is 0.128 e. The molecule has 1 heterocycles. The Hall–Kier alpha value is -0.870. The van der Waals surface area contributed by atoms with E-state index in [1.807, 2.05) is 19.3 Å². The van der Waals surface area contributed by atoms with Gasteiger partial charge in [-0.05, 0) is 26.2 Å². The molecule has 0 fully saturated rings. The van der Waals surface area contributed by atoms with E-state index in [0.717, 1.165) is 31.6 Å². The first kappa shape index (κ1) is 15.2. The van der Waals surface area contributed by atoms with Gasteiger partial charge in [0.25, 0.3) is 0 Å². The number of rotatable bonds is 8. The van der Waals surface area contributed by atoms with E-state index in [1.165, 1.54) is 0 Å². The Morgan fingerprint density at radius 1 is 1.33 bits per heavy atom. The number of aryl methyl sites for hydroxylation is 1. The number of nitrogens with zero attached hydrogens (tertiary/aromatic N) is 2. The van der Waals surface area contributed by atoms with E-state index in [4.69, 9.17) is 10.5 Å². The zero-order valence-electron chi connectivity index (χ0n) is 12.1. The van der Waals surface area contributed by atoms with Crippen LogP contribution in [0, 0.1) is 0 Å². The normalized spacial score (nSPS) is 13.8. The molecule has 0 aliphatic carbocycles. The fourth-order valence-electron chi connectivity index (χ4n) is 2.54. The van der Waals surface area contributed by atoms with E-state index in [-0.39, 0.29) is 11.6 Å². The lowest BCUT2D eigenvalue weighted by Gasteiger charge is -2.37. The standard InChI is InChI=1S/C14H27N3O/c1-5-10-17-11-9-16-13(17)12(15)14(6-2,7-3)18-8-4/h9,11-12H,5-8,10,15H2,1-4H3. The van der Waals surface area contributed by atoms with Crippen LogP contribution in [0.15, 0.2) is 12.4 Å². The van der Waals surface area contributed by atoms with Crippen LogP contribution in [0.1, 0.15) is 58.8 Å². The van der Waals surface area contributed by atoms with Crippen LogP contribution in [0.5, 0.6) is 0 Å². The predicted molar refractivity (Wildman–Crippen MR) is 74.4 cm³/mol. The molecule has 0 aromatic carbocycles. The van der Waals surface area contributed by atoms with Crippen molar-refractivity contribution in [3.8, 4) is 0 Å². The maximum Gasteiger partial charge on any atom is 0.128 e. The minimum atomic E-state index is -0.300. The van der Waals surface area contributed by atoms with Gasteiger partial charge in [-0.25, -0.2) is 4.98 Å². The van der Waals surface area contributed by atoms with Crippen molar-refractivity contribution < 1.29 is 4.74 Å². The average Bonchev–Trinajstić information content (AvgIpc) is 2.84. The highest BCUT2D eigenvalue weighted by Crippen LogP contribution is 2.33. The van der Waals surface area contributed by atoms with Gasteiger partial charge in [0.1, 0.15) is 5.82 Å². The molecule has 1 aromatic heterocycles. The molecule has 104 valence electrons.